The number of Topliss-reactive ketones (excluding diaryl/α,β-unsaturated/α-hetero) is 2. The van der Waals surface area contributed by atoms with Gasteiger partial charge in [-0.15, -0.1) is 12.6 Å². The second-order valence-corrected chi connectivity index (χ2v) is 11.4. The summed E-state index contributed by atoms with van der Waals surface area (Å²) in [5.74, 6) is 3.56. The molecule has 0 radical (unpaired) electrons. The third-order valence-corrected chi connectivity index (χ3v) is 8.08. The first kappa shape index (κ1) is 38.9. The monoisotopic (exact) mass is 658 g/mol. The van der Waals surface area contributed by atoms with Crippen molar-refractivity contribution < 1.29 is 67.4 Å². The molecule has 3 aromatic rings. The third kappa shape index (κ3) is 11.5. The van der Waals surface area contributed by atoms with Gasteiger partial charge in [-0.2, -0.15) is 0 Å². The molecule has 242 valence electrons. The molecule has 0 aromatic heterocycles. The van der Waals surface area contributed by atoms with Gasteiger partial charge < -0.3 is 15.6 Å². The van der Waals surface area contributed by atoms with Gasteiger partial charge in [0.05, 0.1) is 21.3 Å². The molecule has 0 unspecified atom stereocenters. The van der Waals surface area contributed by atoms with Crippen molar-refractivity contribution in [3.05, 3.63) is 94.6 Å². The van der Waals surface area contributed by atoms with Gasteiger partial charge in [-0.1, -0.05) is 43.0 Å². The van der Waals surface area contributed by atoms with E-state index in [1.54, 1.807) is 21.3 Å². The predicted octanol–water partition coefficient (Wildman–Crippen LogP) is 3.44. The maximum Gasteiger partial charge on any atom is 1.00 e. The van der Waals surface area contributed by atoms with Gasteiger partial charge >= 0.3 is 40.2 Å². The van der Waals surface area contributed by atoms with E-state index in [4.69, 9.17) is 26.8 Å². The van der Waals surface area contributed by atoms with Gasteiger partial charge in [0.15, 0.2) is 0 Å². The summed E-state index contributed by atoms with van der Waals surface area (Å²) in [6.45, 7) is 4.08. The quantitative estimate of drug-likeness (QED) is 0.311. The van der Waals surface area contributed by atoms with Gasteiger partial charge in [-0.3, -0.25) is 9.59 Å². The molecule has 0 saturated heterocycles. The fourth-order valence-electron chi connectivity index (χ4n) is 5.99. The minimum atomic E-state index is -3.11. The second kappa shape index (κ2) is 20.1. The summed E-state index contributed by atoms with van der Waals surface area (Å²) >= 11 is 0. The van der Waals surface area contributed by atoms with E-state index in [1.807, 2.05) is 48.5 Å². The van der Waals surface area contributed by atoms with E-state index in [0.717, 1.165) is 66.9 Å². The molecule has 0 atom stereocenters. The van der Waals surface area contributed by atoms with Gasteiger partial charge in [-0.25, -0.2) is 0 Å². The zero-order valence-electron chi connectivity index (χ0n) is 28.4. The van der Waals surface area contributed by atoms with Crippen molar-refractivity contribution in [1.29, 1.82) is 0 Å². The van der Waals surface area contributed by atoms with Crippen molar-refractivity contribution in [2.24, 2.45) is 0 Å². The van der Waals surface area contributed by atoms with Crippen LogP contribution < -0.4 is 43.8 Å². The molecular formula is C36H43NaO8S. The van der Waals surface area contributed by atoms with Crippen molar-refractivity contribution in [2.75, 3.05) is 21.3 Å². The van der Waals surface area contributed by atoms with Crippen molar-refractivity contribution in [2.45, 2.75) is 70.6 Å². The van der Waals surface area contributed by atoms with E-state index >= 15 is 0 Å². The minimum Gasteiger partial charge on any atom is -1.00 e. The van der Waals surface area contributed by atoms with Crippen LogP contribution in [0.4, 0.5) is 0 Å². The van der Waals surface area contributed by atoms with Crippen molar-refractivity contribution in [3.63, 3.8) is 0 Å². The van der Waals surface area contributed by atoms with E-state index < -0.39 is 10.6 Å². The fraction of sp³-hybridized carbons (Fsp3) is 0.389. The standard InChI is InChI=1S/2C12H14O2.C12H14O.Na.O3S.H/c2*1-14-12-7-2-4-9-8-10(13)5-3-6-11(9)12;1-9-5-3-7-11-10(9)6-4-8-12(11)13-2;;1-4(2)3;/h2*2,4,7H,3,5-6,8H2,1H3;4,6,8H,1,3,5,7H2,2H3;;;/q;;;+1;;-1. The molecule has 0 bridgehead atoms. The number of allylic oxidation sites excluding steroid dienone is 1. The van der Waals surface area contributed by atoms with Gasteiger partial charge in [0.1, 0.15) is 28.8 Å². The van der Waals surface area contributed by atoms with Gasteiger partial charge in [0, 0.05) is 31.2 Å². The predicted molar refractivity (Wildman–Crippen MR) is 175 cm³/mol. The Kier molecular flexibility index (Phi) is 17.0. The summed E-state index contributed by atoms with van der Waals surface area (Å²) < 4.78 is 41.2. The summed E-state index contributed by atoms with van der Waals surface area (Å²) in [6.07, 6.45) is 9.84. The van der Waals surface area contributed by atoms with E-state index in [9.17, 15) is 9.59 Å². The second-order valence-electron chi connectivity index (χ2n) is 11.0. The molecule has 0 aliphatic heterocycles. The normalized spacial score (nSPS) is 14.5. The first-order valence-corrected chi connectivity index (χ1v) is 16.1. The molecule has 3 aromatic carbocycles. The van der Waals surface area contributed by atoms with Crippen LogP contribution in [0, 0.1) is 0 Å². The molecule has 8 nitrogen and oxygen atoms in total. The Balaban J connectivity index is 0.000000327. The van der Waals surface area contributed by atoms with Gasteiger partial charge in [-0.05, 0) is 96.5 Å². The van der Waals surface area contributed by atoms with Gasteiger partial charge in [0.2, 0.25) is 0 Å². The molecule has 0 spiro atoms. The number of benzene rings is 3. The van der Waals surface area contributed by atoms with Crippen LogP contribution in [0.3, 0.4) is 0 Å². The molecule has 0 N–H and O–H groups in total. The van der Waals surface area contributed by atoms with Crippen LogP contribution in [0.15, 0.2) is 61.2 Å². The number of fused-ring (bicyclic) bond motifs is 3. The Morgan fingerprint density at radius 1 is 0.587 bits per heavy atom. The number of ether oxygens (including phenoxy) is 3. The molecule has 0 saturated carbocycles. The summed E-state index contributed by atoms with van der Waals surface area (Å²) in [5, 5.41) is 0. The van der Waals surface area contributed by atoms with E-state index in [2.05, 4.69) is 12.6 Å². The van der Waals surface area contributed by atoms with Crippen LogP contribution in [-0.2, 0) is 52.3 Å². The molecule has 3 aliphatic rings. The Morgan fingerprint density at radius 3 is 1.39 bits per heavy atom. The van der Waals surface area contributed by atoms with Crippen molar-refractivity contribution >= 4 is 27.7 Å². The Bertz CT molecular complexity index is 1540. The molecular weight excluding hydrogens is 615 g/mol. The average molecular weight is 659 g/mol. The molecule has 0 fully saturated rings. The number of carbonyl (C=O) groups is 2. The molecule has 10 heteroatoms. The molecule has 0 amide bonds. The minimum absolute atomic E-state index is 0. The number of rotatable bonds is 3. The first-order chi connectivity index (χ1) is 21.7. The zero-order chi connectivity index (χ0) is 32.8. The topological polar surface area (TPSA) is 113 Å². The fourth-order valence-corrected chi connectivity index (χ4v) is 5.99. The smallest absolute Gasteiger partial charge is 1.00 e. The Labute approximate surface area is 297 Å². The third-order valence-electron chi connectivity index (χ3n) is 8.08. The molecule has 3 aliphatic carbocycles. The van der Waals surface area contributed by atoms with Gasteiger partial charge in [0.25, 0.3) is 0 Å². The summed E-state index contributed by atoms with van der Waals surface area (Å²) in [6, 6.07) is 18.1. The van der Waals surface area contributed by atoms with Crippen LogP contribution in [0.25, 0.3) is 5.57 Å². The summed E-state index contributed by atoms with van der Waals surface area (Å²) in [5.41, 5.74) is 8.62. The van der Waals surface area contributed by atoms with Crippen LogP contribution in [0.5, 0.6) is 17.2 Å². The number of hydrogen-bond donors (Lipinski definition) is 0. The molecule has 0 heterocycles. The summed E-state index contributed by atoms with van der Waals surface area (Å²) in [7, 11) is 1.98. The first-order valence-electron chi connectivity index (χ1n) is 15.1. The molecule has 46 heavy (non-hydrogen) atoms. The van der Waals surface area contributed by atoms with Crippen molar-refractivity contribution in [3.8, 4) is 17.2 Å². The SMILES string of the molecule is C=C1CCCc2c(OC)cccc21.COc1cccc2c1CCCC(=O)C2.COc1cccc2c1CCCC(=O)C2.O=S(=O)=O.[H-].[Na+]. The maximum atomic E-state index is 11.4. The number of methoxy groups -OCH3 is 3. The van der Waals surface area contributed by atoms with E-state index in [-0.39, 0.29) is 31.0 Å². The van der Waals surface area contributed by atoms with Crippen LogP contribution in [-0.4, -0.2) is 45.5 Å². The largest absolute Gasteiger partial charge is 1.00 e. The zero-order valence-corrected chi connectivity index (χ0v) is 30.2. The number of carbonyl (C=O) groups excluding carboxylic acids is 2. The average Bonchev–Trinajstić information content (AvgIpc) is 3.35. The maximum absolute atomic E-state index is 11.4. The van der Waals surface area contributed by atoms with Crippen molar-refractivity contribution in [1.82, 2.24) is 0 Å². The van der Waals surface area contributed by atoms with Crippen LogP contribution in [0.1, 0.15) is 73.3 Å². The Hall–Kier alpha value is -3.24. The Morgan fingerprint density at radius 2 is 0.957 bits per heavy atom. The van der Waals surface area contributed by atoms with E-state index in [0.29, 0.717) is 37.2 Å². The number of hydrogen-bond acceptors (Lipinski definition) is 8. The van der Waals surface area contributed by atoms with Crippen LogP contribution in [0.2, 0.25) is 0 Å². The number of ketones is 2. The van der Waals surface area contributed by atoms with E-state index in [1.165, 1.54) is 34.2 Å². The summed E-state index contributed by atoms with van der Waals surface area (Å²) in [4.78, 5) is 22.8. The molecule has 6 rings (SSSR count). The van der Waals surface area contributed by atoms with Crippen LogP contribution >= 0.6 is 0 Å².